The Kier molecular flexibility index (Phi) is 8.09. The van der Waals surface area contributed by atoms with Crippen molar-refractivity contribution in [2.24, 2.45) is 4.99 Å². The Hall–Kier alpha value is -2.24. The zero-order valence-electron chi connectivity index (χ0n) is 15.3. The van der Waals surface area contributed by atoms with Crippen LogP contribution in [0.2, 0.25) is 0 Å². The molecule has 1 fully saturated rings. The van der Waals surface area contributed by atoms with Crippen LogP contribution in [0.15, 0.2) is 29.3 Å². The monoisotopic (exact) mass is 346 g/mol. The molecular weight excluding hydrogens is 316 g/mol. The van der Waals surface area contributed by atoms with Crippen LogP contribution in [-0.4, -0.2) is 38.1 Å². The number of hydrogen-bond acceptors (Lipinski definition) is 3. The maximum absolute atomic E-state index is 11.7. The molecule has 0 spiro atoms. The average molecular weight is 346 g/mol. The largest absolute Gasteiger partial charge is 0.484 e. The molecule has 25 heavy (non-hydrogen) atoms. The molecule has 0 radical (unpaired) electrons. The van der Waals surface area contributed by atoms with Gasteiger partial charge in [-0.05, 0) is 37.0 Å². The molecule has 0 unspecified atom stereocenters. The fraction of sp³-hybridized carbons (Fsp3) is 0.579. The van der Waals surface area contributed by atoms with Crippen molar-refractivity contribution in [2.75, 3.05) is 20.2 Å². The summed E-state index contributed by atoms with van der Waals surface area (Å²) in [4.78, 5) is 15.9. The summed E-state index contributed by atoms with van der Waals surface area (Å²) >= 11 is 0. The Morgan fingerprint density at radius 1 is 1.28 bits per heavy atom. The summed E-state index contributed by atoms with van der Waals surface area (Å²) in [5.41, 5.74) is 1.08. The summed E-state index contributed by atoms with van der Waals surface area (Å²) in [6, 6.07) is 8.13. The van der Waals surface area contributed by atoms with Gasteiger partial charge in [-0.1, -0.05) is 31.9 Å². The summed E-state index contributed by atoms with van der Waals surface area (Å²) < 4.78 is 5.58. The van der Waals surface area contributed by atoms with Gasteiger partial charge in [-0.3, -0.25) is 9.79 Å². The van der Waals surface area contributed by atoms with E-state index in [2.05, 4.69) is 27.9 Å². The maximum atomic E-state index is 11.7. The highest BCUT2D eigenvalue weighted by Crippen LogP contribution is 2.18. The second-order valence-corrected chi connectivity index (χ2v) is 6.34. The SMILES string of the molecule is CCCCCNC(=NC)NCc1cccc(OCC(=O)NC2CC2)c1. The van der Waals surface area contributed by atoms with Crippen LogP contribution in [0, 0.1) is 0 Å². The maximum Gasteiger partial charge on any atom is 0.258 e. The van der Waals surface area contributed by atoms with Gasteiger partial charge in [0.2, 0.25) is 0 Å². The minimum atomic E-state index is -0.0530. The first kappa shape index (κ1) is 19.1. The molecule has 138 valence electrons. The highest BCUT2D eigenvalue weighted by atomic mass is 16.5. The number of guanidine groups is 1. The molecule has 1 aliphatic rings. The van der Waals surface area contributed by atoms with E-state index in [1.165, 1.54) is 12.8 Å². The van der Waals surface area contributed by atoms with Crippen molar-refractivity contribution >= 4 is 11.9 Å². The number of unbranched alkanes of at least 4 members (excludes halogenated alkanes) is 2. The summed E-state index contributed by atoms with van der Waals surface area (Å²) in [5, 5.41) is 9.52. The van der Waals surface area contributed by atoms with Crippen molar-refractivity contribution < 1.29 is 9.53 Å². The lowest BCUT2D eigenvalue weighted by Crippen LogP contribution is -2.37. The van der Waals surface area contributed by atoms with Gasteiger partial charge in [0.25, 0.3) is 5.91 Å². The highest BCUT2D eigenvalue weighted by Gasteiger charge is 2.23. The number of amides is 1. The van der Waals surface area contributed by atoms with Gasteiger partial charge in [0.05, 0.1) is 0 Å². The van der Waals surface area contributed by atoms with Gasteiger partial charge < -0.3 is 20.7 Å². The quantitative estimate of drug-likeness (QED) is 0.345. The number of nitrogens with one attached hydrogen (secondary N) is 3. The third-order valence-electron chi connectivity index (χ3n) is 3.97. The Morgan fingerprint density at radius 3 is 2.84 bits per heavy atom. The summed E-state index contributed by atoms with van der Waals surface area (Å²) in [7, 11) is 1.77. The summed E-state index contributed by atoms with van der Waals surface area (Å²) in [5.74, 6) is 1.45. The number of hydrogen-bond donors (Lipinski definition) is 3. The number of aliphatic imine (C=N–C) groups is 1. The normalized spacial score (nSPS) is 14.1. The molecule has 6 nitrogen and oxygen atoms in total. The number of ether oxygens (including phenoxy) is 1. The second kappa shape index (κ2) is 10.6. The summed E-state index contributed by atoms with van der Waals surface area (Å²) in [6.07, 6.45) is 5.74. The third-order valence-corrected chi connectivity index (χ3v) is 3.97. The lowest BCUT2D eigenvalue weighted by Gasteiger charge is -2.12. The number of carbonyl (C=O) groups is 1. The predicted octanol–water partition coefficient (Wildman–Crippen LogP) is 2.20. The van der Waals surface area contributed by atoms with Gasteiger partial charge in [-0.25, -0.2) is 0 Å². The van der Waals surface area contributed by atoms with Gasteiger partial charge in [0, 0.05) is 26.2 Å². The molecule has 0 heterocycles. The molecule has 1 aromatic carbocycles. The van der Waals surface area contributed by atoms with Crippen LogP contribution in [0.25, 0.3) is 0 Å². The van der Waals surface area contributed by atoms with Gasteiger partial charge >= 0.3 is 0 Å². The molecule has 1 aromatic rings. The molecular formula is C19H30N4O2. The van der Waals surface area contributed by atoms with E-state index < -0.39 is 0 Å². The van der Waals surface area contributed by atoms with Crippen molar-refractivity contribution in [2.45, 2.75) is 51.6 Å². The topological polar surface area (TPSA) is 74.8 Å². The molecule has 1 aliphatic carbocycles. The zero-order valence-corrected chi connectivity index (χ0v) is 15.3. The molecule has 0 bridgehead atoms. The van der Waals surface area contributed by atoms with Crippen LogP contribution in [0.1, 0.15) is 44.6 Å². The fourth-order valence-electron chi connectivity index (χ4n) is 2.38. The van der Waals surface area contributed by atoms with Crippen LogP contribution in [0.5, 0.6) is 5.75 Å². The van der Waals surface area contributed by atoms with E-state index in [1.807, 2.05) is 24.3 Å². The van der Waals surface area contributed by atoms with Gasteiger partial charge in [-0.2, -0.15) is 0 Å². The first-order chi connectivity index (χ1) is 12.2. The third kappa shape index (κ3) is 7.92. The van der Waals surface area contributed by atoms with E-state index in [0.29, 0.717) is 18.3 Å². The molecule has 0 aromatic heterocycles. The number of carbonyl (C=O) groups excluding carboxylic acids is 1. The fourth-order valence-corrected chi connectivity index (χ4v) is 2.38. The predicted molar refractivity (Wildman–Crippen MR) is 101 cm³/mol. The lowest BCUT2D eigenvalue weighted by atomic mass is 10.2. The molecule has 3 N–H and O–H groups in total. The van der Waals surface area contributed by atoms with E-state index in [1.54, 1.807) is 7.05 Å². The Bertz CT molecular complexity index is 570. The molecule has 1 saturated carbocycles. The van der Waals surface area contributed by atoms with E-state index in [-0.39, 0.29) is 12.5 Å². The van der Waals surface area contributed by atoms with Crippen LogP contribution in [0.4, 0.5) is 0 Å². The van der Waals surface area contributed by atoms with Crippen molar-refractivity contribution in [3.05, 3.63) is 29.8 Å². The van der Waals surface area contributed by atoms with Crippen molar-refractivity contribution in [1.29, 1.82) is 0 Å². The van der Waals surface area contributed by atoms with Crippen LogP contribution >= 0.6 is 0 Å². The van der Waals surface area contributed by atoms with Crippen LogP contribution in [-0.2, 0) is 11.3 Å². The van der Waals surface area contributed by atoms with E-state index in [4.69, 9.17) is 4.74 Å². The van der Waals surface area contributed by atoms with Crippen molar-refractivity contribution in [3.8, 4) is 5.75 Å². The number of rotatable bonds is 10. The minimum Gasteiger partial charge on any atom is -0.484 e. The molecule has 0 aliphatic heterocycles. The van der Waals surface area contributed by atoms with E-state index in [0.717, 1.165) is 37.3 Å². The van der Waals surface area contributed by atoms with Gasteiger partial charge in [0.15, 0.2) is 12.6 Å². The molecule has 0 atom stereocenters. The molecule has 2 rings (SSSR count). The second-order valence-electron chi connectivity index (χ2n) is 6.34. The Morgan fingerprint density at radius 2 is 2.12 bits per heavy atom. The average Bonchev–Trinajstić information content (AvgIpc) is 3.44. The Labute approximate surface area is 150 Å². The molecule has 0 saturated heterocycles. The highest BCUT2D eigenvalue weighted by molar-refractivity contribution is 5.79. The minimum absolute atomic E-state index is 0.0530. The number of nitrogens with zero attached hydrogens (tertiary/aromatic N) is 1. The van der Waals surface area contributed by atoms with Crippen molar-refractivity contribution in [1.82, 2.24) is 16.0 Å². The van der Waals surface area contributed by atoms with Gasteiger partial charge in [0.1, 0.15) is 5.75 Å². The van der Waals surface area contributed by atoms with Crippen LogP contribution in [0.3, 0.4) is 0 Å². The first-order valence-corrected chi connectivity index (χ1v) is 9.17. The zero-order chi connectivity index (χ0) is 17.9. The number of benzene rings is 1. The lowest BCUT2D eigenvalue weighted by molar-refractivity contribution is -0.123. The summed E-state index contributed by atoms with van der Waals surface area (Å²) in [6.45, 7) is 3.83. The molecule has 6 heteroatoms. The van der Waals surface area contributed by atoms with E-state index in [9.17, 15) is 4.79 Å². The van der Waals surface area contributed by atoms with Gasteiger partial charge in [-0.15, -0.1) is 0 Å². The van der Waals surface area contributed by atoms with Crippen molar-refractivity contribution in [3.63, 3.8) is 0 Å². The molecule has 1 amide bonds. The smallest absolute Gasteiger partial charge is 0.258 e. The Balaban J connectivity index is 1.72. The van der Waals surface area contributed by atoms with Crippen LogP contribution < -0.4 is 20.7 Å². The first-order valence-electron chi connectivity index (χ1n) is 9.17. The standard InChI is InChI=1S/C19H30N4O2/c1-3-4-5-11-21-19(20-2)22-13-15-7-6-8-17(12-15)25-14-18(24)23-16-9-10-16/h6-8,12,16H,3-5,9-11,13-14H2,1-2H3,(H,23,24)(H2,20,21,22). The van der Waals surface area contributed by atoms with E-state index >= 15 is 0 Å².